The van der Waals surface area contributed by atoms with Gasteiger partial charge in [0.25, 0.3) is 0 Å². The predicted octanol–water partition coefficient (Wildman–Crippen LogP) is 1.98. The van der Waals surface area contributed by atoms with Gasteiger partial charge in [-0.25, -0.2) is 0 Å². The maximum absolute atomic E-state index is 11.8. The summed E-state index contributed by atoms with van der Waals surface area (Å²) in [6.07, 6.45) is 2.67. The van der Waals surface area contributed by atoms with Gasteiger partial charge in [0.05, 0.1) is 0 Å². The first-order valence-electron chi connectivity index (χ1n) is 6.11. The molecule has 0 aliphatic carbocycles. The normalized spacial score (nSPS) is 12.5. The number of hydrogen-bond acceptors (Lipinski definition) is 3. The lowest BCUT2D eigenvalue weighted by Crippen LogP contribution is -2.35. The lowest BCUT2D eigenvalue weighted by molar-refractivity contribution is -0.131. The van der Waals surface area contributed by atoms with Crippen LogP contribution in [0.2, 0.25) is 0 Å². The minimum atomic E-state index is 0.268. The van der Waals surface area contributed by atoms with Gasteiger partial charge in [-0.2, -0.15) is 11.8 Å². The van der Waals surface area contributed by atoms with Crippen LogP contribution in [-0.4, -0.2) is 49.0 Å². The molecule has 0 bridgehead atoms. The van der Waals surface area contributed by atoms with Crippen LogP contribution in [0.15, 0.2) is 0 Å². The van der Waals surface area contributed by atoms with Gasteiger partial charge in [0.15, 0.2) is 0 Å². The highest BCUT2D eigenvalue weighted by molar-refractivity contribution is 7.99. The summed E-state index contributed by atoms with van der Waals surface area (Å²) in [6, 6.07) is 0.362. The highest BCUT2D eigenvalue weighted by Gasteiger charge is 2.14. The number of carbonyl (C=O) groups is 1. The summed E-state index contributed by atoms with van der Waals surface area (Å²) >= 11 is 1.94. The van der Waals surface area contributed by atoms with Crippen LogP contribution in [0, 0.1) is 0 Å². The van der Waals surface area contributed by atoms with Crippen LogP contribution in [-0.2, 0) is 4.79 Å². The molecule has 1 unspecified atom stereocenters. The van der Waals surface area contributed by atoms with E-state index >= 15 is 0 Å². The molecular formula is C12H26N2OS. The number of nitrogens with zero attached hydrogens (tertiary/aromatic N) is 1. The molecule has 0 aromatic rings. The second-order valence-electron chi connectivity index (χ2n) is 4.05. The van der Waals surface area contributed by atoms with Crippen LogP contribution in [0.5, 0.6) is 0 Å². The molecule has 1 amide bonds. The van der Waals surface area contributed by atoms with E-state index in [1.807, 2.05) is 30.8 Å². The molecule has 0 heterocycles. The van der Waals surface area contributed by atoms with E-state index in [9.17, 15) is 4.79 Å². The second-order valence-corrected chi connectivity index (χ2v) is 5.44. The minimum absolute atomic E-state index is 0.268. The molecule has 3 nitrogen and oxygen atoms in total. The van der Waals surface area contributed by atoms with Crippen LogP contribution in [0.4, 0.5) is 0 Å². The van der Waals surface area contributed by atoms with Gasteiger partial charge in [0.2, 0.25) is 5.91 Å². The van der Waals surface area contributed by atoms with Crippen LogP contribution >= 0.6 is 11.8 Å². The Morgan fingerprint density at radius 3 is 2.75 bits per heavy atom. The van der Waals surface area contributed by atoms with Crippen LogP contribution in [0.25, 0.3) is 0 Å². The highest BCUT2D eigenvalue weighted by Crippen LogP contribution is 2.09. The lowest BCUT2D eigenvalue weighted by atomic mass is 10.2. The maximum atomic E-state index is 11.8. The summed E-state index contributed by atoms with van der Waals surface area (Å²) in [5, 5.41) is 3.06. The Kier molecular flexibility index (Phi) is 9.83. The molecule has 4 heteroatoms. The fraction of sp³-hybridized carbons (Fsp3) is 0.917. The van der Waals surface area contributed by atoms with Gasteiger partial charge in [-0.15, -0.1) is 0 Å². The average molecular weight is 246 g/mol. The number of amides is 1. The average Bonchev–Trinajstić information content (AvgIpc) is 2.28. The van der Waals surface area contributed by atoms with E-state index in [-0.39, 0.29) is 5.91 Å². The van der Waals surface area contributed by atoms with E-state index in [1.165, 1.54) is 0 Å². The maximum Gasteiger partial charge on any atom is 0.222 e. The molecule has 96 valence electrons. The minimum Gasteiger partial charge on any atom is -0.343 e. The zero-order chi connectivity index (χ0) is 12.4. The first-order valence-corrected chi connectivity index (χ1v) is 7.27. The van der Waals surface area contributed by atoms with Crippen molar-refractivity contribution in [1.29, 1.82) is 0 Å². The van der Waals surface area contributed by atoms with Gasteiger partial charge in [0, 0.05) is 19.5 Å². The summed E-state index contributed by atoms with van der Waals surface area (Å²) in [7, 11) is 3.84. The quantitative estimate of drug-likeness (QED) is 0.631. The van der Waals surface area contributed by atoms with Crippen molar-refractivity contribution in [3.05, 3.63) is 0 Å². The summed E-state index contributed by atoms with van der Waals surface area (Å²) < 4.78 is 0. The van der Waals surface area contributed by atoms with Crippen LogP contribution < -0.4 is 5.32 Å². The summed E-state index contributed by atoms with van der Waals surface area (Å²) in [5.74, 6) is 2.57. The molecule has 0 aliphatic rings. The molecule has 1 atom stereocenters. The van der Waals surface area contributed by atoms with E-state index in [0.717, 1.165) is 30.9 Å². The molecule has 0 saturated heterocycles. The first kappa shape index (κ1) is 15.8. The third-order valence-electron chi connectivity index (χ3n) is 2.76. The zero-order valence-electron chi connectivity index (χ0n) is 11.1. The Hall–Kier alpha value is -0.220. The molecule has 0 aromatic heterocycles. The SMILES string of the molecule is CCSCCC(C)N(C)C(=O)CCCNC. The Balaban J connectivity index is 3.73. The Labute approximate surface area is 104 Å². The molecule has 16 heavy (non-hydrogen) atoms. The van der Waals surface area contributed by atoms with Crippen molar-refractivity contribution < 1.29 is 4.79 Å². The molecule has 1 N–H and O–H groups in total. The summed E-state index contributed by atoms with van der Waals surface area (Å²) in [4.78, 5) is 13.7. The number of thioether (sulfide) groups is 1. The third-order valence-corrected chi connectivity index (χ3v) is 3.69. The largest absolute Gasteiger partial charge is 0.343 e. The van der Waals surface area contributed by atoms with Gasteiger partial charge < -0.3 is 10.2 Å². The standard InChI is InChI=1S/C12H26N2OS/c1-5-16-10-8-11(2)14(4)12(15)7-6-9-13-3/h11,13H,5-10H2,1-4H3. The first-order chi connectivity index (χ1) is 7.63. The molecule has 0 aliphatic heterocycles. The Bertz CT molecular complexity index is 188. The van der Waals surface area contributed by atoms with E-state index in [0.29, 0.717) is 12.5 Å². The van der Waals surface area contributed by atoms with Gasteiger partial charge in [-0.3, -0.25) is 4.79 Å². The fourth-order valence-corrected chi connectivity index (χ4v) is 2.23. The van der Waals surface area contributed by atoms with Crippen LogP contribution in [0.1, 0.15) is 33.1 Å². The van der Waals surface area contributed by atoms with Gasteiger partial charge in [-0.1, -0.05) is 6.92 Å². The van der Waals surface area contributed by atoms with E-state index < -0.39 is 0 Å². The smallest absolute Gasteiger partial charge is 0.222 e. The number of nitrogens with one attached hydrogen (secondary N) is 1. The Morgan fingerprint density at radius 1 is 1.50 bits per heavy atom. The zero-order valence-corrected chi connectivity index (χ0v) is 11.9. The highest BCUT2D eigenvalue weighted by atomic mass is 32.2. The summed E-state index contributed by atoms with van der Waals surface area (Å²) in [5.41, 5.74) is 0. The van der Waals surface area contributed by atoms with Gasteiger partial charge >= 0.3 is 0 Å². The third kappa shape index (κ3) is 7.12. The number of carbonyl (C=O) groups excluding carboxylic acids is 1. The van der Waals surface area contributed by atoms with Crippen LogP contribution in [0.3, 0.4) is 0 Å². The second kappa shape index (κ2) is 9.97. The predicted molar refractivity (Wildman–Crippen MR) is 73.0 cm³/mol. The molecule has 0 rings (SSSR count). The van der Waals surface area contributed by atoms with Crippen molar-refractivity contribution in [1.82, 2.24) is 10.2 Å². The fourth-order valence-electron chi connectivity index (χ4n) is 1.43. The van der Waals surface area contributed by atoms with Crippen molar-refractivity contribution in [3.63, 3.8) is 0 Å². The van der Waals surface area contributed by atoms with Crippen molar-refractivity contribution in [2.45, 2.75) is 39.2 Å². The molecule has 0 spiro atoms. The topological polar surface area (TPSA) is 32.3 Å². The molecular weight excluding hydrogens is 220 g/mol. The molecule has 0 fully saturated rings. The Morgan fingerprint density at radius 2 is 2.19 bits per heavy atom. The summed E-state index contributed by atoms with van der Waals surface area (Å²) in [6.45, 7) is 5.22. The van der Waals surface area contributed by atoms with Crippen molar-refractivity contribution in [2.75, 3.05) is 32.1 Å². The number of rotatable bonds is 9. The van der Waals surface area contributed by atoms with Crippen molar-refractivity contribution >= 4 is 17.7 Å². The molecule has 0 radical (unpaired) electrons. The number of hydrogen-bond donors (Lipinski definition) is 1. The van der Waals surface area contributed by atoms with Crippen molar-refractivity contribution in [2.24, 2.45) is 0 Å². The lowest BCUT2D eigenvalue weighted by Gasteiger charge is -2.25. The molecule has 0 aromatic carbocycles. The molecule has 0 saturated carbocycles. The van der Waals surface area contributed by atoms with E-state index in [4.69, 9.17) is 0 Å². The van der Waals surface area contributed by atoms with Gasteiger partial charge in [-0.05, 0) is 44.9 Å². The van der Waals surface area contributed by atoms with Crippen molar-refractivity contribution in [3.8, 4) is 0 Å². The monoisotopic (exact) mass is 246 g/mol. The van der Waals surface area contributed by atoms with E-state index in [2.05, 4.69) is 19.2 Å². The van der Waals surface area contributed by atoms with Gasteiger partial charge in [0.1, 0.15) is 0 Å². The van der Waals surface area contributed by atoms with E-state index in [1.54, 1.807) is 0 Å².